The molecular weight excluding hydrogens is 249 g/mol. The summed E-state index contributed by atoms with van der Waals surface area (Å²) in [4.78, 5) is 11.2. The van der Waals surface area contributed by atoms with Crippen LogP contribution in [-0.4, -0.2) is 25.8 Å². The van der Waals surface area contributed by atoms with Crippen molar-refractivity contribution in [2.75, 3.05) is 0 Å². The van der Waals surface area contributed by atoms with E-state index in [-0.39, 0.29) is 5.56 Å². The predicted octanol–water partition coefficient (Wildman–Crippen LogP) is 2.26. The van der Waals surface area contributed by atoms with Gasteiger partial charge >= 0.3 is 5.97 Å². The molecule has 19 heavy (non-hydrogen) atoms. The number of fused-ring (bicyclic) bond motifs is 1. The Bertz CT molecular complexity index is 765. The Hall–Kier alpha value is -2.76. The van der Waals surface area contributed by atoms with E-state index in [1.54, 1.807) is 28.8 Å². The molecule has 0 aliphatic carbocycles. The maximum atomic E-state index is 12.8. The first-order valence-electron chi connectivity index (χ1n) is 5.50. The minimum atomic E-state index is -1.02. The highest BCUT2D eigenvalue weighted by atomic mass is 19.1. The van der Waals surface area contributed by atoms with Crippen LogP contribution in [0.4, 0.5) is 4.39 Å². The molecule has 3 rings (SSSR count). The number of halogens is 1. The monoisotopic (exact) mass is 257 g/mol. The van der Waals surface area contributed by atoms with Crippen molar-refractivity contribution in [2.45, 2.75) is 0 Å². The van der Waals surface area contributed by atoms with Gasteiger partial charge in [-0.3, -0.25) is 4.57 Å². The van der Waals surface area contributed by atoms with Crippen LogP contribution in [0.5, 0.6) is 0 Å². The first-order valence-corrected chi connectivity index (χ1v) is 5.50. The van der Waals surface area contributed by atoms with Crippen molar-refractivity contribution in [3.8, 4) is 5.82 Å². The number of hydrogen-bond donors (Lipinski definition) is 1. The summed E-state index contributed by atoms with van der Waals surface area (Å²) >= 11 is 0. The molecule has 1 aromatic carbocycles. The van der Waals surface area contributed by atoms with E-state index in [0.717, 1.165) is 0 Å². The third-order valence-electron chi connectivity index (χ3n) is 2.81. The number of aromatic carboxylic acids is 1. The molecule has 94 valence electrons. The summed E-state index contributed by atoms with van der Waals surface area (Å²) in [6.07, 6.45) is 1.45. The van der Waals surface area contributed by atoms with E-state index >= 15 is 0 Å². The molecule has 0 amide bonds. The van der Waals surface area contributed by atoms with Crippen LogP contribution in [0.2, 0.25) is 0 Å². The van der Waals surface area contributed by atoms with Crippen LogP contribution in [-0.2, 0) is 0 Å². The maximum Gasteiger partial charge on any atom is 0.337 e. The number of nitrogens with zero attached hydrogens (tertiary/aromatic N) is 3. The van der Waals surface area contributed by atoms with Gasteiger partial charge in [-0.1, -0.05) is 18.2 Å². The number of carboxylic acids is 1. The van der Waals surface area contributed by atoms with Gasteiger partial charge in [0.15, 0.2) is 5.82 Å². The van der Waals surface area contributed by atoms with Crippen molar-refractivity contribution in [3.05, 3.63) is 54.1 Å². The second-order valence-electron chi connectivity index (χ2n) is 3.95. The van der Waals surface area contributed by atoms with Crippen LogP contribution in [0.3, 0.4) is 0 Å². The molecule has 0 unspecified atom stereocenters. The van der Waals surface area contributed by atoms with Crippen molar-refractivity contribution in [1.29, 1.82) is 0 Å². The van der Waals surface area contributed by atoms with Crippen molar-refractivity contribution in [1.82, 2.24) is 14.8 Å². The van der Waals surface area contributed by atoms with Gasteiger partial charge in [-0.05, 0) is 18.2 Å². The standard InChI is InChI=1S/C13H8FN3O2/c14-11-5-6-12(16-15-11)17-7-9(13(18)19)8-3-1-2-4-10(8)17/h1-7H,(H,18,19). The van der Waals surface area contributed by atoms with Gasteiger partial charge in [0, 0.05) is 11.6 Å². The first-order chi connectivity index (χ1) is 9.16. The molecular formula is C13H8FN3O2. The predicted molar refractivity (Wildman–Crippen MR) is 65.8 cm³/mol. The fourth-order valence-electron chi connectivity index (χ4n) is 1.98. The quantitative estimate of drug-likeness (QED) is 0.764. The second kappa shape index (κ2) is 4.16. The minimum absolute atomic E-state index is 0.168. The molecule has 0 bridgehead atoms. The number of carbonyl (C=O) groups is 1. The van der Waals surface area contributed by atoms with Crippen LogP contribution >= 0.6 is 0 Å². The van der Waals surface area contributed by atoms with Gasteiger partial charge < -0.3 is 5.11 Å². The van der Waals surface area contributed by atoms with Crippen LogP contribution in [0.15, 0.2) is 42.6 Å². The average Bonchev–Trinajstić information content (AvgIpc) is 2.79. The van der Waals surface area contributed by atoms with E-state index in [1.807, 2.05) is 0 Å². The smallest absolute Gasteiger partial charge is 0.337 e. The van der Waals surface area contributed by atoms with Gasteiger partial charge in [0.2, 0.25) is 5.95 Å². The number of hydrogen-bond acceptors (Lipinski definition) is 3. The Labute approximate surface area is 106 Å². The van der Waals surface area contributed by atoms with Crippen LogP contribution in [0.25, 0.3) is 16.7 Å². The van der Waals surface area contributed by atoms with Crippen LogP contribution in [0, 0.1) is 5.95 Å². The Kier molecular flexibility index (Phi) is 2.49. The summed E-state index contributed by atoms with van der Waals surface area (Å²) in [6, 6.07) is 9.66. The number of carboxylic acid groups (broad SMARTS) is 1. The number of aromatic nitrogens is 3. The second-order valence-corrected chi connectivity index (χ2v) is 3.95. The number of benzene rings is 1. The van der Waals surface area contributed by atoms with E-state index in [0.29, 0.717) is 16.7 Å². The van der Waals surface area contributed by atoms with E-state index in [2.05, 4.69) is 10.2 Å². The topological polar surface area (TPSA) is 68.0 Å². The molecule has 0 aliphatic rings. The molecule has 6 heteroatoms. The Morgan fingerprint density at radius 3 is 2.63 bits per heavy atom. The molecule has 0 fully saturated rings. The Morgan fingerprint density at radius 1 is 1.16 bits per heavy atom. The molecule has 3 aromatic rings. The molecule has 0 radical (unpaired) electrons. The van der Waals surface area contributed by atoms with Gasteiger partial charge in [0.25, 0.3) is 0 Å². The molecule has 1 N–H and O–H groups in total. The van der Waals surface area contributed by atoms with Gasteiger partial charge in [0.1, 0.15) is 0 Å². The number of rotatable bonds is 2. The lowest BCUT2D eigenvalue weighted by Gasteiger charge is -2.02. The first kappa shape index (κ1) is 11.3. The zero-order chi connectivity index (χ0) is 13.4. The zero-order valence-electron chi connectivity index (χ0n) is 9.62. The van der Waals surface area contributed by atoms with E-state index in [4.69, 9.17) is 0 Å². The third-order valence-corrected chi connectivity index (χ3v) is 2.81. The molecule has 2 aromatic heterocycles. The van der Waals surface area contributed by atoms with Crippen molar-refractivity contribution in [3.63, 3.8) is 0 Å². The summed E-state index contributed by atoms with van der Waals surface area (Å²) in [7, 11) is 0. The number of para-hydroxylation sites is 1. The summed E-state index contributed by atoms with van der Waals surface area (Å²) in [5.74, 6) is -1.34. The van der Waals surface area contributed by atoms with Gasteiger partial charge in [0.05, 0.1) is 11.1 Å². The molecule has 0 saturated carbocycles. The molecule has 0 saturated heterocycles. The molecule has 0 aliphatic heterocycles. The third kappa shape index (κ3) is 1.83. The van der Waals surface area contributed by atoms with Crippen molar-refractivity contribution >= 4 is 16.9 Å². The Balaban J connectivity index is 2.29. The highest BCUT2D eigenvalue weighted by Gasteiger charge is 2.15. The van der Waals surface area contributed by atoms with Crippen molar-refractivity contribution in [2.24, 2.45) is 0 Å². The van der Waals surface area contributed by atoms with E-state index in [9.17, 15) is 14.3 Å². The lowest BCUT2D eigenvalue weighted by molar-refractivity contribution is 0.0699. The van der Waals surface area contributed by atoms with Gasteiger partial charge in [-0.25, -0.2) is 4.79 Å². The molecule has 0 spiro atoms. The highest BCUT2D eigenvalue weighted by Crippen LogP contribution is 2.23. The van der Waals surface area contributed by atoms with Crippen molar-refractivity contribution < 1.29 is 14.3 Å². The summed E-state index contributed by atoms with van der Waals surface area (Å²) < 4.78 is 14.3. The SMILES string of the molecule is O=C(O)c1cn(-c2ccc(F)nn2)c2ccccc12. The largest absolute Gasteiger partial charge is 0.478 e. The highest BCUT2D eigenvalue weighted by molar-refractivity contribution is 6.03. The minimum Gasteiger partial charge on any atom is -0.478 e. The summed E-state index contributed by atoms with van der Waals surface area (Å²) in [6.45, 7) is 0. The lowest BCUT2D eigenvalue weighted by Crippen LogP contribution is -1.99. The average molecular weight is 257 g/mol. The fourth-order valence-corrected chi connectivity index (χ4v) is 1.98. The molecule has 2 heterocycles. The lowest BCUT2D eigenvalue weighted by atomic mass is 10.2. The van der Waals surface area contributed by atoms with Crippen LogP contribution < -0.4 is 0 Å². The van der Waals surface area contributed by atoms with E-state index < -0.39 is 11.9 Å². The summed E-state index contributed by atoms with van der Waals surface area (Å²) in [5, 5.41) is 16.8. The molecule has 0 atom stereocenters. The maximum absolute atomic E-state index is 12.8. The normalized spacial score (nSPS) is 10.8. The van der Waals surface area contributed by atoms with Crippen LogP contribution in [0.1, 0.15) is 10.4 Å². The zero-order valence-corrected chi connectivity index (χ0v) is 9.62. The van der Waals surface area contributed by atoms with E-state index in [1.165, 1.54) is 18.3 Å². The summed E-state index contributed by atoms with van der Waals surface area (Å²) in [5.41, 5.74) is 0.850. The van der Waals surface area contributed by atoms with Gasteiger partial charge in [-0.15, -0.1) is 10.2 Å². The Morgan fingerprint density at radius 2 is 1.95 bits per heavy atom. The van der Waals surface area contributed by atoms with Gasteiger partial charge in [-0.2, -0.15) is 4.39 Å². The molecule has 5 nitrogen and oxygen atoms in total. The fraction of sp³-hybridized carbons (Fsp3) is 0.